The van der Waals surface area contributed by atoms with E-state index in [1.807, 2.05) is 6.92 Å². The SMILES string of the molecule is CC(NC(=O)C1CC2CCCCC2N1)c1ncn[nH]1.Cl. The first kappa shape index (κ1) is 15.3. The number of nitrogens with one attached hydrogen (secondary N) is 3. The molecular weight excluding hydrogens is 278 g/mol. The lowest BCUT2D eigenvalue weighted by Crippen LogP contribution is -2.44. The lowest BCUT2D eigenvalue weighted by molar-refractivity contribution is -0.123. The number of halogens is 1. The molecule has 7 heteroatoms. The molecule has 20 heavy (non-hydrogen) atoms. The van der Waals surface area contributed by atoms with E-state index in [1.54, 1.807) is 0 Å². The van der Waals surface area contributed by atoms with E-state index in [-0.39, 0.29) is 30.4 Å². The van der Waals surface area contributed by atoms with Gasteiger partial charge < -0.3 is 10.6 Å². The molecule has 112 valence electrons. The molecule has 2 heterocycles. The van der Waals surface area contributed by atoms with Crippen LogP contribution in [0.1, 0.15) is 50.9 Å². The molecule has 0 aromatic carbocycles. The van der Waals surface area contributed by atoms with E-state index >= 15 is 0 Å². The fourth-order valence-corrected chi connectivity index (χ4v) is 3.33. The second-order valence-corrected chi connectivity index (χ2v) is 5.71. The third-order valence-electron chi connectivity index (χ3n) is 4.38. The lowest BCUT2D eigenvalue weighted by Gasteiger charge is -2.24. The summed E-state index contributed by atoms with van der Waals surface area (Å²) in [5, 5.41) is 13.1. The van der Waals surface area contributed by atoms with E-state index in [9.17, 15) is 4.79 Å². The predicted octanol–water partition coefficient (Wildman–Crippen LogP) is 1.32. The molecule has 4 unspecified atom stereocenters. The van der Waals surface area contributed by atoms with Crippen molar-refractivity contribution in [2.24, 2.45) is 5.92 Å². The number of H-pyrrole nitrogens is 1. The van der Waals surface area contributed by atoms with Crippen LogP contribution in [0, 0.1) is 5.92 Å². The second kappa shape index (κ2) is 6.54. The molecule has 2 fully saturated rings. The summed E-state index contributed by atoms with van der Waals surface area (Å²) in [6.07, 6.45) is 7.51. The van der Waals surface area contributed by atoms with E-state index in [2.05, 4.69) is 25.8 Å². The Hall–Kier alpha value is -1.14. The molecule has 2 aliphatic rings. The minimum Gasteiger partial charge on any atom is -0.345 e. The maximum atomic E-state index is 12.3. The number of carbonyl (C=O) groups is 1. The Morgan fingerprint density at radius 3 is 2.95 bits per heavy atom. The molecule has 0 bridgehead atoms. The van der Waals surface area contributed by atoms with Gasteiger partial charge in [0.2, 0.25) is 5.91 Å². The number of aromatic nitrogens is 3. The number of fused-ring (bicyclic) bond motifs is 1. The number of hydrogen-bond donors (Lipinski definition) is 3. The van der Waals surface area contributed by atoms with Crippen LogP contribution in [0.4, 0.5) is 0 Å². The zero-order chi connectivity index (χ0) is 13.2. The molecule has 6 nitrogen and oxygen atoms in total. The number of carbonyl (C=O) groups excluding carboxylic acids is 1. The Kier molecular flexibility index (Phi) is 4.99. The molecule has 0 radical (unpaired) electrons. The molecule has 3 rings (SSSR count). The van der Waals surface area contributed by atoms with Crippen LogP contribution in [0.15, 0.2) is 6.33 Å². The Balaban J connectivity index is 0.00000147. The summed E-state index contributed by atoms with van der Waals surface area (Å²) in [5.74, 6) is 1.46. The van der Waals surface area contributed by atoms with Crippen molar-refractivity contribution in [3.63, 3.8) is 0 Å². The number of hydrogen-bond acceptors (Lipinski definition) is 4. The first-order valence-electron chi connectivity index (χ1n) is 7.15. The van der Waals surface area contributed by atoms with Gasteiger partial charge in [0.25, 0.3) is 0 Å². The van der Waals surface area contributed by atoms with Gasteiger partial charge >= 0.3 is 0 Å². The smallest absolute Gasteiger partial charge is 0.237 e. The summed E-state index contributed by atoms with van der Waals surface area (Å²) >= 11 is 0. The van der Waals surface area contributed by atoms with Gasteiger partial charge in [-0.3, -0.25) is 9.89 Å². The highest BCUT2D eigenvalue weighted by Crippen LogP contribution is 2.33. The van der Waals surface area contributed by atoms with Crippen molar-refractivity contribution in [3.05, 3.63) is 12.2 Å². The Labute approximate surface area is 124 Å². The molecule has 1 aliphatic heterocycles. The highest BCUT2D eigenvalue weighted by Gasteiger charge is 2.38. The third-order valence-corrected chi connectivity index (χ3v) is 4.38. The van der Waals surface area contributed by atoms with Gasteiger partial charge in [-0.2, -0.15) is 5.10 Å². The van der Waals surface area contributed by atoms with Gasteiger partial charge in [0.05, 0.1) is 12.1 Å². The quantitative estimate of drug-likeness (QED) is 0.786. The monoisotopic (exact) mass is 299 g/mol. The Bertz CT molecular complexity index is 424. The highest BCUT2D eigenvalue weighted by molar-refractivity contribution is 5.85. The van der Waals surface area contributed by atoms with Crippen LogP contribution in [0.3, 0.4) is 0 Å². The number of rotatable bonds is 3. The van der Waals surface area contributed by atoms with Crippen molar-refractivity contribution in [1.82, 2.24) is 25.8 Å². The molecule has 1 saturated carbocycles. The van der Waals surface area contributed by atoms with Crippen LogP contribution in [-0.2, 0) is 4.79 Å². The highest BCUT2D eigenvalue weighted by atomic mass is 35.5. The average molecular weight is 300 g/mol. The molecule has 3 N–H and O–H groups in total. The van der Waals surface area contributed by atoms with Gasteiger partial charge in [-0.25, -0.2) is 4.98 Å². The number of nitrogens with zero attached hydrogens (tertiary/aromatic N) is 2. The first-order valence-corrected chi connectivity index (χ1v) is 7.15. The number of aromatic amines is 1. The molecular formula is C13H22ClN5O. The van der Waals surface area contributed by atoms with Crippen LogP contribution < -0.4 is 10.6 Å². The maximum absolute atomic E-state index is 12.3. The topological polar surface area (TPSA) is 82.7 Å². The van der Waals surface area contributed by atoms with Gasteiger partial charge in [-0.1, -0.05) is 12.8 Å². The summed E-state index contributed by atoms with van der Waals surface area (Å²) in [6.45, 7) is 1.92. The first-order chi connectivity index (χ1) is 9.24. The largest absolute Gasteiger partial charge is 0.345 e. The third kappa shape index (κ3) is 3.12. The zero-order valence-corrected chi connectivity index (χ0v) is 12.4. The Morgan fingerprint density at radius 2 is 2.25 bits per heavy atom. The molecule has 4 atom stereocenters. The summed E-state index contributed by atoms with van der Waals surface area (Å²) in [5.41, 5.74) is 0. The van der Waals surface area contributed by atoms with Gasteiger partial charge in [0, 0.05) is 6.04 Å². The second-order valence-electron chi connectivity index (χ2n) is 5.71. The van der Waals surface area contributed by atoms with Crippen molar-refractivity contribution in [2.75, 3.05) is 0 Å². The summed E-state index contributed by atoms with van der Waals surface area (Å²) < 4.78 is 0. The van der Waals surface area contributed by atoms with Crippen LogP contribution in [0.5, 0.6) is 0 Å². The molecule has 0 spiro atoms. The van der Waals surface area contributed by atoms with Crippen molar-refractivity contribution in [3.8, 4) is 0 Å². The van der Waals surface area contributed by atoms with E-state index in [4.69, 9.17) is 0 Å². The Morgan fingerprint density at radius 1 is 1.45 bits per heavy atom. The minimum atomic E-state index is -0.126. The summed E-state index contributed by atoms with van der Waals surface area (Å²) in [6, 6.07) is 0.378. The minimum absolute atomic E-state index is 0. The van der Waals surface area contributed by atoms with Gasteiger partial charge in [-0.15, -0.1) is 12.4 Å². The predicted molar refractivity (Wildman–Crippen MR) is 77.5 cm³/mol. The maximum Gasteiger partial charge on any atom is 0.237 e. The van der Waals surface area contributed by atoms with Gasteiger partial charge in [-0.05, 0) is 32.1 Å². The van der Waals surface area contributed by atoms with E-state index in [0.29, 0.717) is 17.8 Å². The van der Waals surface area contributed by atoms with Crippen molar-refractivity contribution >= 4 is 18.3 Å². The molecule has 1 aliphatic carbocycles. The molecule has 1 saturated heterocycles. The summed E-state index contributed by atoms with van der Waals surface area (Å²) in [4.78, 5) is 16.3. The van der Waals surface area contributed by atoms with Crippen molar-refractivity contribution in [2.45, 2.75) is 57.2 Å². The van der Waals surface area contributed by atoms with Crippen LogP contribution >= 0.6 is 12.4 Å². The lowest BCUT2D eigenvalue weighted by atomic mass is 9.85. The van der Waals surface area contributed by atoms with Crippen molar-refractivity contribution < 1.29 is 4.79 Å². The standard InChI is InChI=1S/C13H21N5O.ClH/c1-8(12-14-7-15-18-12)16-13(19)11-6-9-4-2-3-5-10(9)17-11;/h7-11,17H,2-6H2,1H3,(H,16,19)(H,14,15,18);1H. The molecule has 1 amide bonds. The molecule has 1 aromatic rings. The van der Waals surface area contributed by atoms with E-state index in [1.165, 1.54) is 32.0 Å². The fraction of sp³-hybridized carbons (Fsp3) is 0.769. The van der Waals surface area contributed by atoms with Gasteiger partial charge in [0.15, 0.2) is 0 Å². The van der Waals surface area contributed by atoms with E-state index < -0.39 is 0 Å². The summed E-state index contributed by atoms with van der Waals surface area (Å²) in [7, 11) is 0. The van der Waals surface area contributed by atoms with Gasteiger partial charge in [0.1, 0.15) is 12.2 Å². The van der Waals surface area contributed by atoms with Crippen molar-refractivity contribution in [1.29, 1.82) is 0 Å². The van der Waals surface area contributed by atoms with Crippen LogP contribution in [-0.4, -0.2) is 33.2 Å². The average Bonchev–Trinajstić information content (AvgIpc) is 3.07. The zero-order valence-electron chi connectivity index (χ0n) is 11.6. The van der Waals surface area contributed by atoms with Crippen LogP contribution in [0.25, 0.3) is 0 Å². The fourth-order valence-electron chi connectivity index (χ4n) is 3.33. The number of amides is 1. The molecule has 1 aromatic heterocycles. The van der Waals surface area contributed by atoms with E-state index in [0.717, 1.165) is 6.42 Å². The van der Waals surface area contributed by atoms with Crippen LogP contribution in [0.2, 0.25) is 0 Å². The normalized spacial score (nSPS) is 30.1.